The predicted molar refractivity (Wildman–Crippen MR) is 51.4 cm³/mol. The highest BCUT2D eigenvalue weighted by Crippen LogP contribution is 2.07. The Bertz CT molecular complexity index is 317. The summed E-state index contributed by atoms with van der Waals surface area (Å²) in [6, 6.07) is 2.83. The summed E-state index contributed by atoms with van der Waals surface area (Å²) < 4.78 is 13.0. The van der Waals surface area contributed by atoms with Crippen molar-refractivity contribution in [3.8, 4) is 0 Å². The molecule has 1 aromatic rings. The molecule has 0 aliphatic heterocycles. The number of pyridine rings is 1. The molecule has 1 amide bonds. The third kappa shape index (κ3) is 3.01. The van der Waals surface area contributed by atoms with E-state index < -0.39 is 5.82 Å². The summed E-state index contributed by atoms with van der Waals surface area (Å²) in [4.78, 5) is 14.6. The molecule has 0 atom stereocenters. The van der Waals surface area contributed by atoms with Crippen molar-refractivity contribution in [2.24, 2.45) is 0 Å². The van der Waals surface area contributed by atoms with E-state index in [-0.39, 0.29) is 11.7 Å². The number of nitrogens with zero attached hydrogens (tertiary/aromatic N) is 1. The van der Waals surface area contributed by atoms with Crippen LogP contribution in [-0.4, -0.2) is 24.5 Å². The van der Waals surface area contributed by atoms with Crippen LogP contribution in [0.1, 0.15) is 6.42 Å². The van der Waals surface area contributed by atoms with Crippen molar-refractivity contribution >= 4 is 11.7 Å². The third-order valence-electron chi connectivity index (χ3n) is 1.68. The first kappa shape index (κ1) is 10.4. The van der Waals surface area contributed by atoms with E-state index in [9.17, 15) is 9.18 Å². The second-order valence-electron chi connectivity index (χ2n) is 2.68. The maximum atomic E-state index is 13.0. The number of hydrogen-bond donors (Lipinski definition) is 2. The standard InChI is InChI=1S/C9H12FN3O/c1-11-8(14)4-6-13-9-7(10)3-2-5-12-9/h2-3,5H,4,6H2,1H3,(H,11,14)(H,12,13). The fourth-order valence-electron chi connectivity index (χ4n) is 0.935. The smallest absolute Gasteiger partial charge is 0.221 e. The van der Waals surface area contributed by atoms with Gasteiger partial charge in [0.05, 0.1) is 0 Å². The molecule has 0 fully saturated rings. The summed E-state index contributed by atoms with van der Waals surface area (Å²) in [5, 5.41) is 5.20. The number of amides is 1. The molecule has 4 nitrogen and oxygen atoms in total. The Kier molecular flexibility index (Phi) is 3.84. The van der Waals surface area contributed by atoms with Gasteiger partial charge in [0.2, 0.25) is 5.91 Å². The van der Waals surface area contributed by atoms with Gasteiger partial charge in [-0.1, -0.05) is 0 Å². The maximum absolute atomic E-state index is 13.0. The van der Waals surface area contributed by atoms with E-state index >= 15 is 0 Å². The van der Waals surface area contributed by atoms with Crippen LogP contribution in [0.3, 0.4) is 0 Å². The molecule has 0 aliphatic carbocycles. The van der Waals surface area contributed by atoms with Crippen molar-refractivity contribution in [2.75, 3.05) is 18.9 Å². The molecule has 1 rings (SSSR count). The number of rotatable bonds is 4. The van der Waals surface area contributed by atoms with E-state index in [4.69, 9.17) is 0 Å². The Hall–Kier alpha value is -1.65. The summed E-state index contributed by atoms with van der Waals surface area (Å²) >= 11 is 0. The third-order valence-corrected chi connectivity index (χ3v) is 1.68. The van der Waals surface area contributed by atoms with Gasteiger partial charge in [0.25, 0.3) is 0 Å². The zero-order chi connectivity index (χ0) is 10.4. The minimum atomic E-state index is -0.413. The van der Waals surface area contributed by atoms with Crippen LogP contribution in [0.5, 0.6) is 0 Å². The normalized spacial score (nSPS) is 9.57. The van der Waals surface area contributed by atoms with Crippen molar-refractivity contribution < 1.29 is 9.18 Å². The van der Waals surface area contributed by atoms with Crippen molar-refractivity contribution in [2.45, 2.75) is 6.42 Å². The largest absolute Gasteiger partial charge is 0.367 e. The molecule has 2 N–H and O–H groups in total. The predicted octanol–water partition coefficient (Wildman–Crippen LogP) is 0.769. The lowest BCUT2D eigenvalue weighted by Gasteiger charge is -2.04. The molecule has 14 heavy (non-hydrogen) atoms. The van der Waals surface area contributed by atoms with Crippen LogP contribution in [-0.2, 0) is 4.79 Å². The molecule has 0 saturated heterocycles. The number of hydrogen-bond acceptors (Lipinski definition) is 3. The lowest BCUT2D eigenvalue weighted by Crippen LogP contribution is -2.21. The maximum Gasteiger partial charge on any atom is 0.221 e. The Balaban J connectivity index is 2.39. The Morgan fingerprint density at radius 1 is 1.64 bits per heavy atom. The highest BCUT2D eigenvalue weighted by Gasteiger charge is 2.02. The zero-order valence-electron chi connectivity index (χ0n) is 7.88. The molecule has 1 aromatic heterocycles. The van der Waals surface area contributed by atoms with Gasteiger partial charge in [-0.05, 0) is 12.1 Å². The van der Waals surface area contributed by atoms with Gasteiger partial charge >= 0.3 is 0 Å². The lowest BCUT2D eigenvalue weighted by atomic mass is 10.4. The molecule has 0 bridgehead atoms. The SMILES string of the molecule is CNC(=O)CCNc1ncccc1F. The second-order valence-corrected chi connectivity index (χ2v) is 2.68. The van der Waals surface area contributed by atoms with E-state index in [0.717, 1.165) is 0 Å². The molecule has 0 aliphatic rings. The van der Waals surface area contributed by atoms with Crippen molar-refractivity contribution in [3.05, 3.63) is 24.1 Å². The zero-order valence-corrected chi connectivity index (χ0v) is 7.88. The first-order valence-corrected chi connectivity index (χ1v) is 4.29. The average Bonchev–Trinajstić information content (AvgIpc) is 2.20. The Morgan fingerprint density at radius 2 is 2.43 bits per heavy atom. The molecule has 5 heteroatoms. The molecular formula is C9H12FN3O. The van der Waals surface area contributed by atoms with Gasteiger partial charge in [0.15, 0.2) is 11.6 Å². The first-order chi connectivity index (χ1) is 6.74. The Morgan fingerprint density at radius 3 is 3.07 bits per heavy atom. The van der Waals surface area contributed by atoms with E-state index in [1.54, 1.807) is 7.05 Å². The van der Waals surface area contributed by atoms with Crippen LogP contribution < -0.4 is 10.6 Å². The molecule has 0 unspecified atom stereocenters. The summed E-state index contributed by atoms with van der Waals surface area (Å²) in [5.74, 6) is -0.324. The molecule has 0 aromatic carbocycles. The minimum Gasteiger partial charge on any atom is -0.367 e. The molecular weight excluding hydrogens is 185 g/mol. The fourth-order valence-corrected chi connectivity index (χ4v) is 0.935. The number of aromatic nitrogens is 1. The van der Waals surface area contributed by atoms with Crippen LogP contribution in [0.4, 0.5) is 10.2 Å². The molecule has 1 heterocycles. The number of nitrogens with one attached hydrogen (secondary N) is 2. The van der Waals surface area contributed by atoms with E-state index in [1.807, 2.05) is 0 Å². The van der Waals surface area contributed by atoms with Gasteiger partial charge in [-0.2, -0.15) is 0 Å². The quantitative estimate of drug-likeness (QED) is 0.749. The summed E-state index contributed by atoms with van der Waals surface area (Å²) in [7, 11) is 1.56. The van der Waals surface area contributed by atoms with Crippen LogP contribution in [0.25, 0.3) is 0 Å². The topological polar surface area (TPSA) is 54.0 Å². The van der Waals surface area contributed by atoms with Gasteiger partial charge in [0, 0.05) is 26.2 Å². The van der Waals surface area contributed by atoms with E-state index in [0.29, 0.717) is 13.0 Å². The number of halogens is 1. The van der Waals surface area contributed by atoms with Gasteiger partial charge in [0.1, 0.15) is 0 Å². The van der Waals surface area contributed by atoms with Gasteiger partial charge in [-0.3, -0.25) is 4.79 Å². The number of anilines is 1. The number of carbonyl (C=O) groups excluding carboxylic acids is 1. The molecule has 76 valence electrons. The molecule has 0 saturated carbocycles. The highest BCUT2D eigenvalue weighted by atomic mass is 19.1. The fraction of sp³-hybridized carbons (Fsp3) is 0.333. The summed E-state index contributed by atoms with van der Waals surface area (Å²) in [6.45, 7) is 0.369. The van der Waals surface area contributed by atoms with Crippen LogP contribution in [0.2, 0.25) is 0 Å². The average molecular weight is 197 g/mol. The van der Waals surface area contributed by atoms with Gasteiger partial charge < -0.3 is 10.6 Å². The highest BCUT2D eigenvalue weighted by molar-refractivity contribution is 5.76. The second kappa shape index (κ2) is 5.16. The van der Waals surface area contributed by atoms with Crippen LogP contribution in [0, 0.1) is 5.82 Å². The minimum absolute atomic E-state index is 0.0890. The van der Waals surface area contributed by atoms with E-state index in [2.05, 4.69) is 15.6 Å². The Labute approximate surface area is 81.5 Å². The van der Waals surface area contributed by atoms with Crippen molar-refractivity contribution in [3.63, 3.8) is 0 Å². The number of carbonyl (C=O) groups is 1. The van der Waals surface area contributed by atoms with Crippen LogP contribution in [0.15, 0.2) is 18.3 Å². The van der Waals surface area contributed by atoms with Crippen LogP contribution >= 0.6 is 0 Å². The van der Waals surface area contributed by atoms with E-state index in [1.165, 1.54) is 18.3 Å². The first-order valence-electron chi connectivity index (χ1n) is 4.29. The lowest BCUT2D eigenvalue weighted by molar-refractivity contribution is -0.120. The monoisotopic (exact) mass is 197 g/mol. The molecule has 0 spiro atoms. The van der Waals surface area contributed by atoms with Gasteiger partial charge in [-0.25, -0.2) is 9.37 Å². The van der Waals surface area contributed by atoms with Crippen molar-refractivity contribution in [1.82, 2.24) is 10.3 Å². The van der Waals surface area contributed by atoms with Gasteiger partial charge in [-0.15, -0.1) is 0 Å². The summed E-state index contributed by atoms with van der Waals surface area (Å²) in [5.41, 5.74) is 0. The summed E-state index contributed by atoms with van der Waals surface area (Å²) in [6.07, 6.45) is 1.79. The molecule has 0 radical (unpaired) electrons. The van der Waals surface area contributed by atoms with Crippen molar-refractivity contribution in [1.29, 1.82) is 0 Å².